The Balaban J connectivity index is 1.64. The first-order valence-electron chi connectivity index (χ1n) is 6.67. The summed E-state index contributed by atoms with van der Waals surface area (Å²) < 4.78 is 5.71. The average molecular weight is 297 g/mol. The van der Waals surface area contributed by atoms with Crippen LogP contribution in [0.15, 0.2) is 60.0 Å². The number of benzene rings is 2. The van der Waals surface area contributed by atoms with Gasteiger partial charge in [-0.15, -0.1) is 11.3 Å². The van der Waals surface area contributed by atoms with E-state index < -0.39 is 0 Å². The van der Waals surface area contributed by atoms with Crippen LogP contribution in [0.5, 0.6) is 5.75 Å². The van der Waals surface area contributed by atoms with Crippen molar-refractivity contribution in [1.82, 2.24) is 4.98 Å². The van der Waals surface area contributed by atoms with Crippen molar-refractivity contribution in [3.8, 4) is 16.9 Å². The van der Waals surface area contributed by atoms with Crippen molar-refractivity contribution in [2.75, 3.05) is 0 Å². The largest absolute Gasteiger partial charge is 0.486 e. The second-order valence-electron chi connectivity index (χ2n) is 4.57. The lowest BCUT2D eigenvalue weighted by Crippen LogP contribution is -1.95. The van der Waals surface area contributed by atoms with Crippen LogP contribution in [0.2, 0.25) is 0 Å². The smallest absolute Gasteiger partial charge is 0.140 e. The predicted octanol–water partition coefficient (Wildman–Crippen LogP) is 3.88. The van der Waals surface area contributed by atoms with E-state index in [-0.39, 0.29) is 6.61 Å². The van der Waals surface area contributed by atoms with Crippen LogP contribution in [0.1, 0.15) is 10.7 Å². The van der Waals surface area contributed by atoms with Crippen molar-refractivity contribution in [2.45, 2.75) is 13.2 Å². The van der Waals surface area contributed by atoms with E-state index in [0.29, 0.717) is 12.3 Å². The number of hydrogen-bond acceptors (Lipinski definition) is 4. The number of aromatic nitrogens is 1. The fourth-order valence-electron chi connectivity index (χ4n) is 2.01. The molecule has 0 fully saturated rings. The molecule has 1 heterocycles. The molecule has 0 radical (unpaired) electrons. The maximum Gasteiger partial charge on any atom is 0.140 e. The van der Waals surface area contributed by atoms with Crippen LogP contribution in [0.4, 0.5) is 0 Å². The van der Waals surface area contributed by atoms with Crippen molar-refractivity contribution in [2.24, 2.45) is 0 Å². The van der Waals surface area contributed by atoms with Crippen molar-refractivity contribution in [1.29, 1.82) is 0 Å². The lowest BCUT2D eigenvalue weighted by atomic mass is 10.1. The SMILES string of the molecule is OCc1csc(COc2ccc(-c3ccccc3)cc2)n1. The number of aliphatic hydroxyl groups excluding tert-OH is 1. The summed E-state index contributed by atoms with van der Waals surface area (Å²) in [5.74, 6) is 0.815. The molecular formula is C17H15NO2S. The molecule has 3 nitrogen and oxygen atoms in total. The highest BCUT2D eigenvalue weighted by Gasteiger charge is 2.03. The summed E-state index contributed by atoms with van der Waals surface area (Å²) in [5, 5.41) is 11.7. The third kappa shape index (κ3) is 3.48. The van der Waals surface area contributed by atoms with Gasteiger partial charge in [-0.2, -0.15) is 0 Å². The van der Waals surface area contributed by atoms with Gasteiger partial charge in [0.05, 0.1) is 12.3 Å². The van der Waals surface area contributed by atoms with Crippen LogP contribution in [0, 0.1) is 0 Å². The summed E-state index contributed by atoms with van der Waals surface area (Å²) in [6.07, 6.45) is 0. The molecule has 0 atom stereocenters. The second-order valence-corrected chi connectivity index (χ2v) is 5.51. The van der Waals surface area contributed by atoms with Gasteiger partial charge < -0.3 is 9.84 Å². The number of nitrogens with zero attached hydrogens (tertiary/aromatic N) is 1. The van der Waals surface area contributed by atoms with Gasteiger partial charge in [-0.05, 0) is 23.3 Å². The van der Waals surface area contributed by atoms with Gasteiger partial charge in [-0.1, -0.05) is 42.5 Å². The Morgan fingerprint density at radius 3 is 2.33 bits per heavy atom. The third-order valence-corrected chi connectivity index (χ3v) is 3.96. The van der Waals surface area contributed by atoms with Crippen LogP contribution < -0.4 is 4.74 Å². The van der Waals surface area contributed by atoms with E-state index in [1.807, 2.05) is 47.8 Å². The first kappa shape index (κ1) is 13.8. The van der Waals surface area contributed by atoms with Gasteiger partial charge >= 0.3 is 0 Å². The molecule has 0 amide bonds. The Hall–Kier alpha value is -2.17. The monoisotopic (exact) mass is 297 g/mol. The normalized spacial score (nSPS) is 10.5. The minimum Gasteiger partial charge on any atom is -0.486 e. The lowest BCUT2D eigenvalue weighted by molar-refractivity contribution is 0.275. The van der Waals surface area contributed by atoms with E-state index in [2.05, 4.69) is 17.1 Å². The van der Waals surface area contributed by atoms with Crippen molar-refractivity contribution < 1.29 is 9.84 Å². The lowest BCUT2D eigenvalue weighted by Gasteiger charge is -2.06. The van der Waals surface area contributed by atoms with Gasteiger partial charge in [0.15, 0.2) is 0 Å². The number of rotatable bonds is 5. The van der Waals surface area contributed by atoms with Crippen LogP contribution in [-0.4, -0.2) is 10.1 Å². The molecule has 0 spiro atoms. The Bertz CT molecular complexity index is 692. The molecule has 1 N–H and O–H groups in total. The van der Waals surface area contributed by atoms with Gasteiger partial charge in [-0.3, -0.25) is 0 Å². The molecule has 3 aromatic rings. The zero-order valence-corrected chi connectivity index (χ0v) is 12.2. The van der Waals surface area contributed by atoms with E-state index in [1.165, 1.54) is 22.5 Å². The molecule has 4 heteroatoms. The Kier molecular flexibility index (Phi) is 4.28. The number of thiazole rings is 1. The molecule has 3 rings (SSSR count). The van der Waals surface area contributed by atoms with Crippen LogP contribution in [-0.2, 0) is 13.2 Å². The number of hydrogen-bond donors (Lipinski definition) is 1. The molecule has 0 aliphatic heterocycles. The van der Waals surface area contributed by atoms with E-state index in [1.54, 1.807) is 0 Å². The van der Waals surface area contributed by atoms with Gasteiger partial charge in [0.1, 0.15) is 17.4 Å². The number of ether oxygens (including phenoxy) is 1. The topological polar surface area (TPSA) is 42.4 Å². The van der Waals surface area contributed by atoms with Crippen molar-refractivity contribution in [3.05, 3.63) is 70.7 Å². The molecule has 1 aromatic heterocycles. The predicted molar refractivity (Wildman–Crippen MR) is 84.2 cm³/mol. The first-order chi connectivity index (χ1) is 10.3. The van der Waals surface area contributed by atoms with Gasteiger partial charge in [0.2, 0.25) is 0 Å². The summed E-state index contributed by atoms with van der Waals surface area (Å²) in [7, 11) is 0. The highest BCUT2D eigenvalue weighted by molar-refractivity contribution is 7.09. The summed E-state index contributed by atoms with van der Waals surface area (Å²) in [6, 6.07) is 18.3. The Morgan fingerprint density at radius 2 is 1.67 bits per heavy atom. The molecule has 2 aromatic carbocycles. The summed E-state index contributed by atoms with van der Waals surface area (Å²) in [4.78, 5) is 4.25. The van der Waals surface area contributed by atoms with Crippen LogP contribution in [0.25, 0.3) is 11.1 Å². The molecule has 106 valence electrons. The standard InChI is InChI=1S/C17H15NO2S/c19-10-15-12-21-17(18-15)11-20-16-8-6-14(7-9-16)13-4-2-1-3-5-13/h1-9,12,19H,10-11H2. The molecule has 0 unspecified atom stereocenters. The maximum absolute atomic E-state index is 8.98. The van der Waals surface area contributed by atoms with E-state index in [4.69, 9.17) is 9.84 Å². The van der Waals surface area contributed by atoms with Gasteiger partial charge in [-0.25, -0.2) is 4.98 Å². The van der Waals surface area contributed by atoms with Gasteiger partial charge in [0.25, 0.3) is 0 Å². The quantitative estimate of drug-likeness (QED) is 0.777. The minimum absolute atomic E-state index is 0.0255. The second kappa shape index (κ2) is 6.52. The third-order valence-electron chi connectivity index (χ3n) is 3.09. The summed E-state index contributed by atoms with van der Waals surface area (Å²) >= 11 is 1.50. The zero-order chi connectivity index (χ0) is 14.5. The minimum atomic E-state index is -0.0255. The fourth-order valence-corrected chi connectivity index (χ4v) is 2.70. The Labute approximate surface area is 127 Å². The molecule has 0 saturated heterocycles. The van der Waals surface area contributed by atoms with Crippen molar-refractivity contribution in [3.63, 3.8) is 0 Å². The molecule has 0 aliphatic carbocycles. The first-order valence-corrected chi connectivity index (χ1v) is 7.55. The van der Waals surface area contributed by atoms with E-state index >= 15 is 0 Å². The van der Waals surface area contributed by atoms with Crippen LogP contribution in [0.3, 0.4) is 0 Å². The summed E-state index contributed by atoms with van der Waals surface area (Å²) in [6.45, 7) is 0.400. The maximum atomic E-state index is 8.98. The molecule has 0 aliphatic rings. The van der Waals surface area contributed by atoms with E-state index in [0.717, 1.165) is 10.8 Å². The van der Waals surface area contributed by atoms with E-state index in [9.17, 15) is 0 Å². The van der Waals surface area contributed by atoms with Crippen molar-refractivity contribution >= 4 is 11.3 Å². The Morgan fingerprint density at radius 1 is 0.952 bits per heavy atom. The molecular weight excluding hydrogens is 282 g/mol. The molecule has 0 bridgehead atoms. The fraction of sp³-hybridized carbons (Fsp3) is 0.118. The van der Waals surface area contributed by atoms with Crippen LogP contribution >= 0.6 is 11.3 Å². The summed E-state index contributed by atoms with van der Waals surface area (Å²) in [5.41, 5.74) is 3.05. The van der Waals surface area contributed by atoms with Gasteiger partial charge in [0, 0.05) is 5.38 Å². The zero-order valence-electron chi connectivity index (χ0n) is 11.4. The molecule has 0 saturated carbocycles. The highest BCUT2D eigenvalue weighted by atomic mass is 32.1. The average Bonchev–Trinajstić information content (AvgIpc) is 3.02. The number of aliphatic hydroxyl groups is 1. The highest BCUT2D eigenvalue weighted by Crippen LogP contribution is 2.23. The molecule has 21 heavy (non-hydrogen) atoms.